The zero-order valence-electron chi connectivity index (χ0n) is 16.8. The van der Waals surface area contributed by atoms with Crippen molar-refractivity contribution in [2.24, 2.45) is 0 Å². The molecule has 2 aromatic heterocycles. The zero-order valence-corrected chi connectivity index (χ0v) is 16.8. The van der Waals surface area contributed by atoms with Gasteiger partial charge in [0.2, 0.25) is 5.56 Å². The fraction of sp³-hybridized carbons (Fsp3) is 0.136. The summed E-state index contributed by atoms with van der Waals surface area (Å²) >= 11 is 0. The first-order chi connectivity index (χ1) is 15.2. The van der Waals surface area contributed by atoms with E-state index >= 15 is 0 Å². The normalized spacial score (nSPS) is 11.5. The number of nitrogens with one attached hydrogen (secondary N) is 3. The van der Waals surface area contributed by atoms with Gasteiger partial charge in [-0.05, 0) is 48.9 Å². The average molecular weight is 441 g/mol. The summed E-state index contributed by atoms with van der Waals surface area (Å²) in [6, 6.07) is 15.1. The van der Waals surface area contributed by atoms with Crippen molar-refractivity contribution in [3.63, 3.8) is 0 Å². The number of carbonyl (C=O) groups excluding carboxylic acids is 1. The first-order valence-corrected chi connectivity index (χ1v) is 9.61. The molecule has 4 rings (SSSR count). The summed E-state index contributed by atoms with van der Waals surface area (Å²) < 4.78 is 40.9. The van der Waals surface area contributed by atoms with Crippen molar-refractivity contribution in [3.05, 3.63) is 88.0 Å². The molecule has 3 N–H and O–H groups in total. The van der Waals surface area contributed by atoms with Crippen molar-refractivity contribution in [2.45, 2.75) is 19.6 Å². The zero-order chi connectivity index (χ0) is 22.9. The number of anilines is 1. The number of aromatic amines is 1. The third-order valence-corrected chi connectivity index (χ3v) is 4.76. The number of hydrogen-bond acceptors (Lipinski definition) is 3. The highest BCUT2D eigenvalue weighted by molar-refractivity contribution is 6.00. The summed E-state index contributed by atoms with van der Waals surface area (Å²) in [5, 5.41) is 9.53. The maximum Gasteiger partial charge on any atom is 0.435 e. The highest BCUT2D eigenvalue weighted by atomic mass is 19.4. The van der Waals surface area contributed by atoms with Crippen LogP contribution < -0.4 is 16.2 Å². The molecule has 0 aliphatic heterocycles. The van der Waals surface area contributed by atoms with Gasteiger partial charge in [0.15, 0.2) is 5.69 Å². The maximum atomic E-state index is 13.2. The van der Waals surface area contributed by atoms with Gasteiger partial charge in [0.1, 0.15) is 0 Å². The molecule has 10 heteroatoms. The van der Waals surface area contributed by atoms with Gasteiger partial charge >= 0.3 is 12.2 Å². The fourth-order valence-electron chi connectivity index (χ4n) is 3.30. The number of H-pyrrole nitrogens is 1. The van der Waals surface area contributed by atoms with Crippen molar-refractivity contribution >= 4 is 22.6 Å². The van der Waals surface area contributed by atoms with E-state index in [-0.39, 0.29) is 17.8 Å². The Bertz CT molecular complexity index is 1360. The van der Waals surface area contributed by atoms with E-state index in [4.69, 9.17) is 0 Å². The molecule has 32 heavy (non-hydrogen) atoms. The van der Waals surface area contributed by atoms with E-state index in [1.54, 1.807) is 42.5 Å². The lowest BCUT2D eigenvalue weighted by Gasteiger charge is -2.11. The smallest absolute Gasteiger partial charge is 0.332 e. The van der Waals surface area contributed by atoms with Crippen molar-refractivity contribution in [1.29, 1.82) is 0 Å². The van der Waals surface area contributed by atoms with E-state index in [0.717, 1.165) is 11.6 Å². The molecule has 2 aromatic carbocycles. The van der Waals surface area contributed by atoms with Crippen LogP contribution >= 0.6 is 0 Å². The predicted octanol–water partition coefficient (Wildman–Crippen LogP) is 4.36. The Labute approximate surface area is 179 Å². The number of nitrogens with zero attached hydrogens (tertiary/aromatic N) is 2. The van der Waals surface area contributed by atoms with Crippen LogP contribution in [0, 0.1) is 6.92 Å². The van der Waals surface area contributed by atoms with Crippen LogP contribution in [-0.4, -0.2) is 20.8 Å². The highest BCUT2D eigenvalue weighted by Crippen LogP contribution is 2.29. The minimum atomic E-state index is -4.62. The van der Waals surface area contributed by atoms with Gasteiger partial charge in [-0.15, -0.1) is 0 Å². The Hall–Kier alpha value is -4.08. The summed E-state index contributed by atoms with van der Waals surface area (Å²) in [5.41, 5.74) is 1.15. The molecule has 2 amide bonds. The molecule has 0 aliphatic rings. The summed E-state index contributed by atoms with van der Waals surface area (Å²) in [6.07, 6.45) is -4.62. The van der Waals surface area contributed by atoms with Crippen molar-refractivity contribution in [2.75, 3.05) is 5.32 Å². The monoisotopic (exact) mass is 441 g/mol. The number of hydrogen-bond donors (Lipinski definition) is 3. The molecule has 4 aromatic rings. The van der Waals surface area contributed by atoms with Crippen molar-refractivity contribution in [1.82, 2.24) is 20.1 Å². The number of alkyl halides is 3. The van der Waals surface area contributed by atoms with E-state index in [1.165, 1.54) is 10.7 Å². The van der Waals surface area contributed by atoms with Crippen LogP contribution in [0.25, 0.3) is 16.6 Å². The van der Waals surface area contributed by atoms with Crippen molar-refractivity contribution < 1.29 is 18.0 Å². The van der Waals surface area contributed by atoms with E-state index in [2.05, 4.69) is 20.7 Å². The lowest BCUT2D eigenvalue weighted by molar-refractivity contribution is -0.141. The minimum absolute atomic E-state index is 0.167. The number of pyridine rings is 1. The molecule has 7 nitrogen and oxygen atoms in total. The number of amides is 2. The standard InChI is InChI=1S/C22H18F3N5O2/c1-13-4-2-5-14(10-13)30-15(11-19(29-30)22(23,24)25)12-26-21(32)28-18-7-3-6-17-16(18)8-9-20(31)27-17/h2-11H,12H2,1H3,(H,27,31)(H2,26,28,32). The van der Waals surface area contributed by atoms with Gasteiger partial charge in [0.25, 0.3) is 0 Å². The number of aromatic nitrogens is 3. The molecule has 0 unspecified atom stereocenters. The van der Waals surface area contributed by atoms with Gasteiger partial charge in [-0.2, -0.15) is 18.3 Å². The number of fused-ring (bicyclic) bond motifs is 1. The van der Waals surface area contributed by atoms with Crippen LogP contribution in [0.5, 0.6) is 0 Å². The molecule has 0 spiro atoms. The Morgan fingerprint density at radius 2 is 1.88 bits per heavy atom. The van der Waals surface area contributed by atoms with Crippen LogP contribution in [0.4, 0.5) is 23.7 Å². The van der Waals surface area contributed by atoms with Crippen LogP contribution in [-0.2, 0) is 12.7 Å². The van der Waals surface area contributed by atoms with Crippen LogP contribution in [0.15, 0.2) is 65.5 Å². The third-order valence-electron chi connectivity index (χ3n) is 4.76. The summed E-state index contributed by atoms with van der Waals surface area (Å²) in [7, 11) is 0. The summed E-state index contributed by atoms with van der Waals surface area (Å²) in [4.78, 5) is 26.6. The van der Waals surface area contributed by atoms with E-state index in [9.17, 15) is 22.8 Å². The quantitative estimate of drug-likeness (QED) is 0.439. The highest BCUT2D eigenvalue weighted by Gasteiger charge is 2.35. The number of aryl methyl sites for hydroxylation is 1. The minimum Gasteiger partial charge on any atom is -0.332 e. The molecule has 0 atom stereocenters. The van der Waals surface area contributed by atoms with Gasteiger partial charge < -0.3 is 15.6 Å². The maximum absolute atomic E-state index is 13.2. The lowest BCUT2D eigenvalue weighted by atomic mass is 10.2. The number of benzene rings is 2. The van der Waals surface area contributed by atoms with E-state index in [1.807, 2.05) is 13.0 Å². The first kappa shape index (κ1) is 21.2. The van der Waals surface area contributed by atoms with Gasteiger partial charge in [-0.3, -0.25) is 4.79 Å². The summed E-state index contributed by atoms with van der Waals surface area (Å²) in [6.45, 7) is 1.63. The molecule has 164 valence electrons. The molecule has 0 bridgehead atoms. The van der Waals surface area contributed by atoms with Crippen LogP contribution in [0.1, 0.15) is 17.0 Å². The molecule has 0 saturated carbocycles. The molecular weight excluding hydrogens is 423 g/mol. The van der Waals surface area contributed by atoms with Gasteiger partial charge in [-0.25, -0.2) is 9.48 Å². The van der Waals surface area contributed by atoms with E-state index in [0.29, 0.717) is 22.3 Å². The summed E-state index contributed by atoms with van der Waals surface area (Å²) in [5.74, 6) is 0. The fourth-order valence-corrected chi connectivity index (χ4v) is 3.30. The van der Waals surface area contributed by atoms with Crippen LogP contribution in [0.2, 0.25) is 0 Å². The SMILES string of the molecule is Cc1cccc(-n2nc(C(F)(F)F)cc2CNC(=O)Nc2cccc3[nH]c(=O)ccc23)c1. The molecule has 2 heterocycles. The van der Waals surface area contributed by atoms with Crippen molar-refractivity contribution in [3.8, 4) is 5.69 Å². The second kappa shape index (κ2) is 8.22. The number of urea groups is 1. The topological polar surface area (TPSA) is 91.8 Å². The Balaban J connectivity index is 1.56. The number of carbonyl (C=O) groups is 1. The Morgan fingerprint density at radius 1 is 1.09 bits per heavy atom. The molecule has 0 aliphatic carbocycles. The molecular formula is C22H18F3N5O2. The first-order valence-electron chi connectivity index (χ1n) is 9.61. The lowest BCUT2D eigenvalue weighted by Crippen LogP contribution is -2.29. The van der Waals surface area contributed by atoms with Gasteiger partial charge in [-0.1, -0.05) is 18.2 Å². The Morgan fingerprint density at radius 3 is 2.62 bits per heavy atom. The second-order valence-electron chi connectivity index (χ2n) is 7.17. The third kappa shape index (κ3) is 4.48. The number of halogens is 3. The number of rotatable bonds is 4. The Kier molecular flexibility index (Phi) is 5.43. The van der Waals surface area contributed by atoms with Gasteiger partial charge in [0, 0.05) is 11.5 Å². The second-order valence-corrected chi connectivity index (χ2v) is 7.17. The van der Waals surface area contributed by atoms with E-state index < -0.39 is 17.9 Å². The predicted molar refractivity (Wildman–Crippen MR) is 114 cm³/mol. The molecule has 0 fully saturated rings. The van der Waals surface area contributed by atoms with Gasteiger partial charge in [0.05, 0.1) is 29.1 Å². The van der Waals surface area contributed by atoms with Crippen LogP contribution in [0.3, 0.4) is 0 Å². The molecule has 0 saturated heterocycles. The average Bonchev–Trinajstić information content (AvgIpc) is 3.17. The molecule has 0 radical (unpaired) electrons. The largest absolute Gasteiger partial charge is 0.435 e.